The summed E-state index contributed by atoms with van der Waals surface area (Å²) >= 11 is 0. The molecule has 3 unspecified atom stereocenters. The first-order chi connectivity index (χ1) is 8.09. The SMILES string of the molecule is CC(C)CC1NCN(C(C)C2CCCO2)C1=O. The highest BCUT2D eigenvalue weighted by atomic mass is 16.5. The van der Waals surface area contributed by atoms with E-state index in [-0.39, 0.29) is 24.1 Å². The molecule has 0 radical (unpaired) electrons. The molecule has 0 aromatic rings. The second-order valence-corrected chi connectivity index (χ2v) is 5.64. The molecule has 0 spiro atoms. The quantitative estimate of drug-likeness (QED) is 0.806. The van der Waals surface area contributed by atoms with Crippen LogP contribution in [0.1, 0.15) is 40.0 Å². The maximum Gasteiger partial charge on any atom is 0.241 e. The molecule has 4 nitrogen and oxygen atoms in total. The standard InChI is InChI=1S/C13H24N2O2/c1-9(2)7-11-13(16)15(8-14-11)10(3)12-5-4-6-17-12/h9-12,14H,4-8H2,1-3H3. The Hall–Kier alpha value is -0.610. The van der Waals surface area contributed by atoms with Gasteiger partial charge in [0.05, 0.1) is 24.9 Å². The van der Waals surface area contributed by atoms with Crippen LogP contribution in [0.5, 0.6) is 0 Å². The number of rotatable bonds is 4. The van der Waals surface area contributed by atoms with Crippen molar-refractivity contribution in [3.8, 4) is 0 Å². The van der Waals surface area contributed by atoms with Crippen molar-refractivity contribution in [1.82, 2.24) is 10.2 Å². The Bertz CT molecular complexity index is 275. The van der Waals surface area contributed by atoms with E-state index in [9.17, 15) is 4.79 Å². The lowest BCUT2D eigenvalue weighted by molar-refractivity contribution is -0.133. The Morgan fingerprint density at radius 3 is 2.82 bits per heavy atom. The van der Waals surface area contributed by atoms with Gasteiger partial charge in [0.2, 0.25) is 5.91 Å². The van der Waals surface area contributed by atoms with E-state index in [1.165, 1.54) is 0 Å². The topological polar surface area (TPSA) is 41.6 Å². The van der Waals surface area contributed by atoms with Crippen molar-refractivity contribution < 1.29 is 9.53 Å². The average Bonchev–Trinajstić information content (AvgIpc) is 2.88. The molecular weight excluding hydrogens is 216 g/mol. The second kappa shape index (κ2) is 5.36. The molecule has 4 heteroatoms. The molecule has 98 valence electrons. The fourth-order valence-electron chi connectivity index (χ4n) is 2.76. The zero-order chi connectivity index (χ0) is 12.4. The van der Waals surface area contributed by atoms with E-state index in [2.05, 4.69) is 26.1 Å². The number of hydrogen-bond acceptors (Lipinski definition) is 3. The summed E-state index contributed by atoms with van der Waals surface area (Å²) in [5, 5.41) is 3.31. The molecule has 2 fully saturated rings. The van der Waals surface area contributed by atoms with Crippen LogP contribution in [0.4, 0.5) is 0 Å². The molecule has 1 amide bonds. The van der Waals surface area contributed by atoms with Crippen molar-refractivity contribution in [2.75, 3.05) is 13.3 Å². The first kappa shape index (κ1) is 12.8. The molecular formula is C13H24N2O2. The Morgan fingerprint density at radius 2 is 2.24 bits per heavy atom. The molecule has 1 N–H and O–H groups in total. The molecule has 3 atom stereocenters. The van der Waals surface area contributed by atoms with E-state index in [4.69, 9.17) is 4.74 Å². The normalized spacial score (nSPS) is 31.5. The minimum absolute atomic E-state index is 0.0128. The Balaban J connectivity index is 1.92. The van der Waals surface area contributed by atoms with Gasteiger partial charge in [0, 0.05) is 6.61 Å². The van der Waals surface area contributed by atoms with E-state index in [0.717, 1.165) is 25.9 Å². The number of nitrogens with one attached hydrogen (secondary N) is 1. The molecule has 17 heavy (non-hydrogen) atoms. The van der Waals surface area contributed by atoms with Gasteiger partial charge in [0.1, 0.15) is 0 Å². The highest BCUT2D eigenvalue weighted by Gasteiger charge is 2.37. The molecule has 2 saturated heterocycles. The monoisotopic (exact) mass is 240 g/mol. The van der Waals surface area contributed by atoms with Crippen LogP contribution in [0.25, 0.3) is 0 Å². The van der Waals surface area contributed by atoms with Gasteiger partial charge in [-0.05, 0) is 32.1 Å². The van der Waals surface area contributed by atoms with Crippen LogP contribution in [0.2, 0.25) is 0 Å². The van der Waals surface area contributed by atoms with Crippen LogP contribution in [0.15, 0.2) is 0 Å². The van der Waals surface area contributed by atoms with E-state index in [1.54, 1.807) is 0 Å². The fraction of sp³-hybridized carbons (Fsp3) is 0.923. The van der Waals surface area contributed by atoms with Gasteiger partial charge < -0.3 is 9.64 Å². The van der Waals surface area contributed by atoms with Crippen LogP contribution >= 0.6 is 0 Å². The smallest absolute Gasteiger partial charge is 0.241 e. The molecule has 0 aliphatic carbocycles. The Kier molecular flexibility index (Phi) is 4.05. The first-order valence-electron chi connectivity index (χ1n) is 6.75. The fourth-order valence-corrected chi connectivity index (χ4v) is 2.76. The lowest BCUT2D eigenvalue weighted by Gasteiger charge is -2.28. The van der Waals surface area contributed by atoms with Gasteiger partial charge in [-0.3, -0.25) is 10.1 Å². The molecule has 0 aromatic heterocycles. The van der Waals surface area contributed by atoms with Gasteiger partial charge in [0.15, 0.2) is 0 Å². The van der Waals surface area contributed by atoms with Crippen molar-refractivity contribution in [1.29, 1.82) is 0 Å². The molecule has 0 bridgehead atoms. The lowest BCUT2D eigenvalue weighted by atomic mass is 10.0. The Labute approximate surface area is 104 Å². The van der Waals surface area contributed by atoms with Crippen molar-refractivity contribution in [2.45, 2.75) is 58.2 Å². The van der Waals surface area contributed by atoms with E-state index < -0.39 is 0 Å². The predicted molar refractivity (Wildman–Crippen MR) is 66.5 cm³/mol. The van der Waals surface area contributed by atoms with E-state index in [0.29, 0.717) is 12.6 Å². The zero-order valence-electron chi connectivity index (χ0n) is 11.1. The predicted octanol–water partition coefficient (Wildman–Crippen LogP) is 1.36. The molecule has 2 aliphatic heterocycles. The molecule has 2 aliphatic rings. The van der Waals surface area contributed by atoms with Gasteiger partial charge in [-0.2, -0.15) is 0 Å². The van der Waals surface area contributed by atoms with Crippen molar-refractivity contribution in [2.24, 2.45) is 5.92 Å². The maximum absolute atomic E-state index is 12.2. The van der Waals surface area contributed by atoms with Crippen LogP contribution in [-0.4, -0.2) is 42.3 Å². The summed E-state index contributed by atoms with van der Waals surface area (Å²) in [7, 11) is 0. The highest BCUT2D eigenvalue weighted by Crippen LogP contribution is 2.22. The van der Waals surface area contributed by atoms with Gasteiger partial charge in [-0.1, -0.05) is 13.8 Å². The first-order valence-corrected chi connectivity index (χ1v) is 6.75. The number of carbonyl (C=O) groups excluding carboxylic acids is 1. The summed E-state index contributed by atoms with van der Waals surface area (Å²) in [5.74, 6) is 0.802. The summed E-state index contributed by atoms with van der Waals surface area (Å²) in [4.78, 5) is 14.2. The number of hydrogen-bond donors (Lipinski definition) is 1. The zero-order valence-corrected chi connectivity index (χ0v) is 11.1. The summed E-state index contributed by atoms with van der Waals surface area (Å²) in [6, 6.07) is 0.216. The van der Waals surface area contributed by atoms with E-state index in [1.807, 2.05) is 4.90 Å². The minimum atomic E-state index is 0.0128. The van der Waals surface area contributed by atoms with Gasteiger partial charge >= 0.3 is 0 Å². The van der Waals surface area contributed by atoms with Crippen molar-refractivity contribution in [3.05, 3.63) is 0 Å². The third kappa shape index (κ3) is 2.80. The van der Waals surface area contributed by atoms with Crippen LogP contribution in [0, 0.1) is 5.92 Å². The van der Waals surface area contributed by atoms with Crippen molar-refractivity contribution in [3.63, 3.8) is 0 Å². The molecule has 0 saturated carbocycles. The van der Waals surface area contributed by atoms with Crippen molar-refractivity contribution >= 4 is 5.91 Å². The van der Waals surface area contributed by atoms with Gasteiger partial charge in [-0.15, -0.1) is 0 Å². The summed E-state index contributed by atoms with van der Waals surface area (Å²) in [5.41, 5.74) is 0. The van der Waals surface area contributed by atoms with Gasteiger partial charge in [-0.25, -0.2) is 0 Å². The third-order valence-corrected chi connectivity index (χ3v) is 3.79. The molecule has 0 aromatic carbocycles. The highest BCUT2D eigenvalue weighted by molar-refractivity contribution is 5.84. The number of nitrogens with zero attached hydrogens (tertiary/aromatic N) is 1. The third-order valence-electron chi connectivity index (χ3n) is 3.79. The number of carbonyl (C=O) groups is 1. The lowest BCUT2D eigenvalue weighted by Crippen LogP contribution is -2.43. The number of amides is 1. The maximum atomic E-state index is 12.2. The summed E-state index contributed by atoms with van der Waals surface area (Å²) in [6.07, 6.45) is 3.37. The van der Waals surface area contributed by atoms with Crippen LogP contribution < -0.4 is 5.32 Å². The minimum Gasteiger partial charge on any atom is -0.376 e. The van der Waals surface area contributed by atoms with E-state index >= 15 is 0 Å². The second-order valence-electron chi connectivity index (χ2n) is 5.64. The van der Waals surface area contributed by atoms with Gasteiger partial charge in [0.25, 0.3) is 0 Å². The van der Waals surface area contributed by atoms with Crippen LogP contribution in [-0.2, 0) is 9.53 Å². The largest absolute Gasteiger partial charge is 0.376 e. The molecule has 2 rings (SSSR count). The molecule has 2 heterocycles. The summed E-state index contributed by atoms with van der Waals surface area (Å²) < 4.78 is 5.67. The average molecular weight is 240 g/mol. The summed E-state index contributed by atoms with van der Waals surface area (Å²) in [6.45, 7) is 7.94. The number of ether oxygens (including phenoxy) is 1. The van der Waals surface area contributed by atoms with Crippen LogP contribution in [0.3, 0.4) is 0 Å². The Morgan fingerprint density at radius 1 is 1.47 bits per heavy atom.